The first-order valence-electron chi connectivity index (χ1n) is 9.60. The van der Waals surface area contributed by atoms with Crippen LogP contribution >= 0.6 is 22.6 Å². The van der Waals surface area contributed by atoms with Crippen molar-refractivity contribution in [3.8, 4) is 5.75 Å². The second-order valence-electron chi connectivity index (χ2n) is 7.06. The van der Waals surface area contributed by atoms with Crippen molar-refractivity contribution in [1.29, 1.82) is 0 Å². The zero-order valence-electron chi connectivity index (χ0n) is 16.7. The van der Waals surface area contributed by atoms with Crippen LogP contribution in [0.3, 0.4) is 0 Å². The van der Waals surface area contributed by atoms with E-state index in [9.17, 15) is 22.0 Å². The topological polar surface area (TPSA) is 102 Å². The fourth-order valence-corrected chi connectivity index (χ4v) is 5.29. The van der Waals surface area contributed by atoms with Crippen LogP contribution in [0.1, 0.15) is 30.1 Å². The van der Waals surface area contributed by atoms with Crippen molar-refractivity contribution in [2.75, 3.05) is 24.2 Å². The molecule has 0 unspecified atom stereocenters. The predicted molar refractivity (Wildman–Crippen MR) is 122 cm³/mol. The second kappa shape index (κ2) is 9.65. The molecule has 0 saturated carbocycles. The van der Waals surface area contributed by atoms with Crippen molar-refractivity contribution in [3.05, 3.63) is 51.1 Å². The number of benzene rings is 2. The first-order valence-corrected chi connectivity index (χ1v) is 12.3. The number of hydrogen-bond donors (Lipinski definition) is 2. The van der Waals surface area contributed by atoms with Gasteiger partial charge < -0.3 is 15.8 Å². The number of ether oxygens (including phenoxy) is 1. The van der Waals surface area contributed by atoms with E-state index in [1.165, 1.54) is 16.4 Å². The number of carbonyl (C=O) groups excluding carboxylic acids is 1. The maximum Gasteiger partial charge on any atom is 0.254 e. The third-order valence-electron chi connectivity index (χ3n) is 4.99. The number of halogens is 3. The molecule has 3 N–H and O–H groups in total. The average molecular weight is 565 g/mol. The van der Waals surface area contributed by atoms with Gasteiger partial charge in [0.1, 0.15) is 29.6 Å². The van der Waals surface area contributed by atoms with Crippen LogP contribution in [0.15, 0.2) is 30.3 Å². The summed E-state index contributed by atoms with van der Waals surface area (Å²) in [6.07, 6.45) is 1.26. The number of primary amides is 1. The van der Waals surface area contributed by atoms with Crippen LogP contribution < -0.4 is 15.8 Å². The van der Waals surface area contributed by atoms with E-state index in [-0.39, 0.29) is 35.0 Å². The number of anilines is 2. The minimum absolute atomic E-state index is 0.0361. The summed E-state index contributed by atoms with van der Waals surface area (Å²) in [6, 6.07) is 5.98. The van der Waals surface area contributed by atoms with Crippen LogP contribution in [0, 0.1) is 15.2 Å². The number of nitrogens with one attached hydrogen (secondary N) is 1. The van der Waals surface area contributed by atoms with Gasteiger partial charge in [-0.1, -0.05) is 0 Å². The van der Waals surface area contributed by atoms with Gasteiger partial charge in [0.05, 0.1) is 23.2 Å². The Morgan fingerprint density at radius 3 is 2.68 bits per heavy atom. The van der Waals surface area contributed by atoms with Gasteiger partial charge in [-0.05, 0) is 66.6 Å². The molecule has 0 radical (unpaired) electrons. The van der Waals surface area contributed by atoms with Crippen LogP contribution in [-0.2, 0) is 10.0 Å². The van der Waals surface area contributed by atoms with Gasteiger partial charge in [0.25, 0.3) is 5.91 Å². The van der Waals surface area contributed by atoms with Crippen LogP contribution in [0.2, 0.25) is 0 Å². The number of sulfonamides is 1. The first-order chi connectivity index (χ1) is 14.6. The van der Waals surface area contributed by atoms with Crippen molar-refractivity contribution in [1.82, 2.24) is 4.31 Å². The zero-order chi connectivity index (χ0) is 22.8. The van der Waals surface area contributed by atoms with E-state index >= 15 is 0 Å². The lowest BCUT2D eigenvalue weighted by Gasteiger charge is -2.24. The largest absolute Gasteiger partial charge is 0.491 e. The molecule has 168 valence electrons. The fourth-order valence-electron chi connectivity index (χ4n) is 3.48. The molecule has 1 fully saturated rings. The molecule has 1 aliphatic rings. The normalized spacial score (nSPS) is 17.0. The van der Waals surface area contributed by atoms with E-state index in [4.69, 9.17) is 10.5 Å². The quantitative estimate of drug-likeness (QED) is 0.477. The number of nitrogens with zero attached hydrogens (tertiary/aromatic N) is 1. The molecule has 1 aliphatic heterocycles. The molecule has 31 heavy (non-hydrogen) atoms. The molecule has 0 spiro atoms. The summed E-state index contributed by atoms with van der Waals surface area (Å²) < 4.78 is 60.8. The van der Waals surface area contributed by atoms with Gasteiger partial charge in [0.15, 0.2) is 0 Å². The van der Waals surface area contributed by atoms with Gasteiger partial charge in [0.2, 0.25) is 10.0 Å². The van der Waals surface area contributed by atoms with Crippen molar-refractivity contribution in [2.24, 2.45) is 5.73 Å². The number of hydrogen-bond acceptors (Lipinski definition) is 5. The van der Waals surface area contributed by atoms with E-state index in [2.05, 4.69) is 5.32 Å². The van der Waals surface area contributed by atoms with E-state index in [1.54, 1.807) is 13.0 Å². The Hall–Kier alpha value is -1.99. The lowest BCUT2D eigenvalue weighted by Crippen LogP contribution is -2.40. The lowest BCUT2D eigenvalue weighted by molar-refractivity contribution is 0.0996. The van der Waals surface area contributed by atoms with Crippen LogP contribution in [0.4, 0.5) is 20.2 Å². The van der Waals surface area contributed by atoms with Gasteiger partial charge in [-0.3, -0.25) is 4.79 Å². The van der Waals surface area contributed by atoms with Gasteiger partial charge >= 0.3 is 0 Å². The monoisotopic (exact) mass is 565 g/mol. The molecule has 2 aromatic rings. The summed E-state index contributed by atoms with van der Waals surface area (Å²) in [4.78, 5) is 12.1. The highest BCUT2D eigenvalue weighted by atomic mass is 127. The molecular weight excluding hydrogens is 543 g/mol. The van der Waals surface area contributed by atoms with E-state index < -0.39 is 33.6 Å². The molecule has 0 aromatic heterocycles. The fraction of sp³-hybridized carbons (Fsp3) is 0.350. The number of amides is 1. The summed E-state index contributed by atoms with van der Waals surface area (Å²) in [5, 5.41) is 2.70. The van der Waals surface area contributed by atoms with Crippen molar-refractivity contribution < 1.29 is 26.7 Å². The summed E-state index contributed by atoms with van der Waals surface area (Å²) in [7, 11) is -3.41. The summed E-state index contributed by atoms with van der Waals surface area (Å²) in [5.74, 6) is -2.38. The van der Waals surface area contributed by atoms with Gasteiger partial charge in [0, 0.05) is 16.2 Å². The second-order valence-corrected chi connectivity index (χ2v) is 10.5. The summed E-state index contributed by atoms with van der Waals surface area (Å²) >= 11 is 1.95. The van der Waals surface area contributed by atoms with E-state index in [0.717, 1.165) is 12.1 Å². The summed E-state index contributed by atoms with van der Waals surface area (Å²) in [5.41, 5.74) is 5.34. The third-order valence-corrected chi connectivity index (χ3v) is 7.59. The third kappa shape index (κ3) is 5.44. The SMILES string of the molecule is CCS(=O)(=O)N1CCC[C@H]1COc1cc(F)cc(Nc2ccc(I)cc2F)c1C(N)=O. The molecule has 0 bridgehead atoms. The number of rotatable bonds is 8. The highest BCUT2D eigenvalue weighted by Gasteiger charge is 2.34. The minimum Gasteiger partial charge on any atom is -0.491 e. The molecule has 0 aliphatic carbocycles. The maximum atomic E-state index is 14.3. The Labute approximate surface area is 193 Å². The lowest BCUT2D eigenvalue weighted by atomic mass is 10.1. The van der Waals surface area contributed by atoms with Crippen molar-refractivity contribution in [2.45, 2.75) is 25.8 Å². The molecule has 2 aromatic carbocycles. The molecule has 3 rings (SSSR count). The molecule has 11 heteroatoms. The molecule has 1 amide bonds. The van der Waals surface area contributed by atoms with Crippen LogP contribution in [-0.4, -0.2) is 43.6 Å². The first kappa shape index (κ1) is 23.7. The van der Waals surface area contributed by atoms with Gasteiger partial charge in [-0.15, -0.1) is 0 Å². The maximum absolute atomic E-state index is 14.3. The van der Waals surface area contributed by atoms with Crippen molar-refractivity contribution in [3.63, 3.8) is 0 Å². The highest BCUT2D eigenvalue weighted by Crippen LogP contribution is 2.32. The van der Waals surface area contributed by atoms with Gasteiger partial charge in [-0.2, -0.15) is 4.31 Å². The van der Waals surface area contributed by atoms with E-state index in [1.807, 2.05) is 22.6 Å². The molecule has 1 saturated heterocycles. The summed E-state index contributed by atoms with van der Waals surface area (Å²) in [6.45, 7) is 1.88. The molecular formula is C20H22F2IN3O4S. The molecule has 1 heterocycles. The van der Waals surface area contributed by atoms with Gasteiger partial charge in [-0.25, -0.2) is 17.2 Å². The average Bonchev–Trinajstić information content (AvgIpc) is 3.17. The Morgan fingerprint density at radius 1 is 1.29 bits per heavy atom. The standard InChI is InChI=1S/C20H22F2IN3O4S/c1-2-31(28,29)26-7-3-4-14(26)11-30-18-9-12(21)8-17(19(18)20(24)27)25-16-6-5-13(23)10-15(16)22/h5-6,8-10,14,25H,2-4,7,11H2,1H3,(H2,24,27)/t14-/m0/s1. The number of nitrogens with two attached hydrogens (primary N) is 1. The molecule has 1 atom stereocenters. The van der Waals surface area contributed by atoms with E-state index in [0.29, 0.717) is 23.0 Å². The smallest absolute Gasteiger partial charge is 0.254 e. The van der Waals surface area contributed by atoms with Crippen molar-refractivity contribution >= 4 is 49.9 Å². The van der Waals surface area contributed by atoms with Crippen LogP contribution in [0.5, 0.6) is 5.75 Å². The Bertz CT molecular complexity index is 1100. The highest BCUT2D eigenvalue weighted by molar-refractivity contribution is 14.1. The Morgan fingerprint density at radius 2 is 2.03 bits per heavy atom. The zero-order valence-corrected chi connectivity index (χ0v) is 19.7. The molecule has 7 nitrogen and oxygen atoms in total. The number of carbonyl (C=O) groups is 1. The van der Waals surface area contributed by atoms with Crippen LogP contribution in [0.25, 0.3) is 0 Å². The predicted octanol–water partition coefficient (Wildman–Crippen LogP) is 3.60. The minimum atomic E-state index is -3.41. The Kier molecular flexibility index (Phi) is 7.37. The Balaban J connectivity index is 1.89.